The Morgan fingerprint density at radius 1 is 1.53 bits per heavy atom. The lowest BCUT2D eigenvalue weighted by Gasteiger charge is -2.03. The summed E-state index contributed by atoms with van der Waals surface area (Å²) in [7, 11) is 0. The molecular formula is C8H11N5OS. The van der Waals surface area contributed by atoms with Gasteiger partial charge in [0.2, 0.25) is 0 Å². The van der Waals surface area contributed by atoms with Crippen molar-refractivity contribution in [2.45, 2.75) is 20.0 Å². The minimum atomic E-state index is 0.0561. The predicted octanol–water partition coefficient (Wildman–Crippen LogP) is 0.0921. The molecule has 0 saturated heterocycles. The van der Waals surface area contributed by atoms with Crippen LogP contribution in [0.25, 0.3) is 0 Å². The number of nitrogens with zero attached hydrogens (tertiary/aromatic N) is 4. The van der Waals surface area contributed by atoms with Crippen LogP contribution in [0.4, 0.5) is 5.82 Å². The van der Waals surface area contributed by atoms with Crippen LogP contribution < -0.4 is 10.6 Å². The van der Waals surface area contributed by atoms with Gasteiger partial charge >= 0.3 is 4.87 Å². The lowest BCUT2D eigenvalue weighted by atomic mass is 10.5. The summed E-state index contributed by atoms with van der Waals surface area (Å²) >= 11 is 1.21. The Bertz CT molecular complexity index is 511. The zero-order chi connectivity index (χ0) is 10.8. The first kappa shape index (κ1) is 9.91. The second kappa shape index (κ2) is 3.85. The van der Waals surface area contributed by atoms with E-state index in [1.54, 1.807) is 15.4 Å². The molecular weight excluding hydrogens is 214 g/mol. The molecule has 2 rings (SSSR count). The van der Waals surface area contributed by atoms with Crippen LogP contribution in [0.15, 0.2) is 16.4 Å². The Labute approximate surface area is 90.0 Å². The third-order valence-corrected chi connectivity index (χ3v) is 2.97. The van der Waals surface area contributed by atoms with E-state index in [2.05, 4.69) is 10.3 Å². The summed E-state index contributed by atoms with van der Waals surface area (Å²) in [5.41, 5.74) is 6.40. The maximum Gasteiger partial charge on any atom is 0.307 e. The molecule has 0 aliphatic rings. The van der Waals surface area contributed by atoms with Gasteiger partial charge in [0.25, 0.3) is 0 Å². The van der Waals surface area contributed by atoms with Gasteiger partial charge in [0, 0.05) is 17.6 Å². The van der Waals surface area contributed by atoms with E-state index in [9.17, 15) is 4.79 Å². The average molecular weight is 225 g/mol. The molecule has 2 N–H and O–H groups in total. The van der Waals surface area contributed by atoms with Gasteiger partial charge in [-0.3, -0.25) is 4.79 Å². The number of aryl methyl sites for hydroxylation is 2. The van der Waals surface area contributed by atoms with Crippen LogP contribution >= 0.6 is 11.3 Å². The van der Waals surface area contributed by atoms with E-state index >= 15 is 0 Å². The van der Waals surface area contributed by atoms with E-state index in [0.29, 0.717) is 18.9 Å². The number of anilines is 1. The molecule has 0 aliphatic carbocycles. The van der Waals surface area contributed by atoms with Crippen molar-refractivity contribution in [1.29, 1.82) is 0 Å². The van der Waals surface area contributed by atoms with E-state index in [1.165, 1.54) is 11.3 Å². The number of hydrogen-bond donors (Lipinski definition) is 1. The van der Waals surface area contributed by atoms with Crippen LogP contribution in [-0.2, 0) is 13.1 Å². The summed E-state index contributed by atoms with van der Waals surface area (Å²) < 4.78 is 3.33. The van der Waals surface area contributed by atoms with Crippen molar-refractivity contribution in [2.24, 2.45) is 0 Å². The highest BCUT2D eigenvalue weighted by Crippen LogP contribution is 2.00. The molecule has 2 aromatic rings. The maximum atomic E-state index is 11.4. The Kier molecular flexibility index (Phi) is 2.55. The molecule has 0 aromatic carbocycles. The molecule has 0 spiro atoms. The normalized spacial score (nSPS) is 10.7. The van der Waals surface area contributed by atoms with Gasteiger partial charge in [0.15, 0.2) is 5.82 Å². The fraction of sp³-hybridized carbons (Fsp3) is 0.375. The lowest BCUT2D eigenvalue weighted by molar-refractivity contribution is 0.510. The molecule has 0 saturated carbocycles. The molecule has 0 unspecified atom stereocenters. The summed E-state index contributed by atoms with van der Waals surface area (Å²) in [5, 5.41) is 9.32. The topological polar surface area (TPSA) is 78.7 Å². The third kappa shape index (κ3) is 2.07. The lowest BCUT2D eigenvalue weighted by Crippen LogP contribution is -2.18. The second-order valence-electron chi connectivity index (χ2n) is 3.20. The van der Waals surface area contributed by atoms with Gasteiger partial charge in [0.1, 0.15) is 0 Å². The van der Waals surface area contributed by atoms with Crippen LogP contribution in [0.1, 0.15) is 5.69 Å². The monoisotopic (exact) mass is 225 g/mol. The molecule has 0 fully saturated rings. The van der Waals surface area contributed by atoms with Crippen LogP contribution in [0.3, 0.4) is 0 Å². The molecule has 80 valence electrons. The van der Waals surface area contributed by atoms with Crippen LogP contribution in [0, 0.1) is 6.92 Å². The Morgan fingerprint density at radius 3 is 2.87 bits per heavy atom. The highest BCUT2D eigenvalue weighted by atomic mass is 32.1. The van der Waals surface area contributed by atoms with E-state index in [1.807, 2.05) is 12.3 Å². The fourth-order valence-electron chi connectivity index (χ4n) is 1.30. The number of thiazole rings is 1. The van der Waals surface area contributed by atoms with Crippen molar-refractivity contribution in [1.82, 2.24) is 19.6 Å². The zero-order valence-electron chi connectivity index (χ0n) is 8.25. The molecule has 2 heterocycles. The van der Waals surface area contributed by atoms with E-state index < -0.39 is 0 Å². The summed E-state index contributed by atoms with van der Waals surface area (Å²) in [4.78, 5) is 11.4. The smallest absolute Gasteiger partial charge is 0.307 e. The van der Waals surface area contributed by atoms with Crippen molar-refractivity contribution >= 4 is 17.2 Å². The van der Waals surface area contributed by atoms with Gasteiger partial charge in [-0.25, -0.2) is 4.68 Å². The Morgan fingerprint density at radius 2 is 2.33 bits per heavy atom. The number of hydrogen-bond acceptors (Lipinski definition) is 5. The molecule has 2 aromatic heterocycles. The van der Waals surface area contributed by atoms with Gasteiger partial charge in [0.05, 0.1) is 12.7 Å². The van der Waals surface area contributed by atoms with Gasteiger partial charge in [-0.05, 0) is 6.92 Å². The second-order valence-corrected chi connectivity index (χ2v) is 4.02. The van der Waals surface area contributed by atoms with Crippen molar-refractivity contribution in [3.05, 3.63) is 26.9 Å². The van der Waals surface area contributed by atoms with Crippen molar-refractivity contribution in [3.8, 4) is 0 Å². The van der Waals surface area contributed by atoms with E-state index in [0.717, 1.165) is 5.69 Å². The fourth-order valence-corrected chi connectivity index (χ4v) is 2.06. The van der Waals surface area contributed by atoms with E-state index in [-0.39, 0.29) is 4.87 Å². The highest BCUT2D eigenvalue weighted by molar-refractivity contribution is 7.07. The largest absolute Gasteiger partial charge is 0.381 e. The number of nitrogens with two attached hydrogens (primary N) is 1. The first-order valence-corrected chi connectivity index (χ1v) is 5.35. The van der Waals surface area contributed by atoms with Gasteiger partial charge in [-0.2, -0.15) is 0 Å². The highest BCUT2D eigenvalue weighted by Gasteiger charge is 2.03. The first-order valence-electron chi connectivity index (χ1n) is 4.47. The number of rotatable bonds is 3. The summed E-state index contributed by atoms with van der Waals surface area (Å²) in [6.07, 6.45) is 1.65. The molecule has 6 nitrogen and oxygen atoms in total. The summed E-state index contributed by atoms with van der Waals surface area (Å²) in [6, 6.07) is 0. The average Bonchev–Trinajstić information content (AvgIpc) is 2.73. The first-order chi connectivity index (χ1) is 7.16. The standard InChI is InChI=1S/C8H11N5OS/c1-6-5-15-8(14)13(6)3-2-12-4-7(9)10-11-12/h4-5H,2-3,9H2,1H3. The minimum Gasteiger partial charge on any atom is -0.381 e. The van der Waals surface area contributed by atoms with Crippen LogP contribution in [-0.4, -0.2) is 19.6 Å². The number of aromatic nitrogens is 4. The SMILES string of the molecule is Cc1csc(=O)n1CCn1cc(N)nn1. The predicted molar refractivity (Wildman–Crippen MR) is 57.8 cm³/mol. The van der Waals surface area contributed by atoms with Gasteiger partial charge in [-0.1, -0.05) is 16.6 Å². The molecule has 0 atom stereocenters. The number of nitrogen functional groups attached to an aromatic ring is 1. The molecule has 0 amide bonds. The van der Waals surface area contributed by atoms with Crippen LogP contribution in [0.5, 0.6) is 0 Å². The van der Waals surface area contributed by atoms with Crippen molar-refractivity contribution in [3.63, 3.8) is 0 Å². The van der Waals surface area contributed by atoms with Crippen molar-refractivity contribution in [2.75, 3.05) is 5.73 Å². The van der Waals surface area contributed by atoms with Gasteiger partial charge in [-0.15, -0.1) is 5.10 Å². The molecule has 7 heteroatoms. The minimum absolute atomic E-state index is 0.0561. The van der Waals surface area contributed by atoms with E-state index in [4.69, 9.17) is 5.73 Å². The molecule has 0 bridgehead atoms. The Balaban J connectivity index is 2.08. The van der Waals surface area contributed by atoms with Gasteiger partial charge < -0.3 is 10.3 Å². The van der Waals surface area contributed by atoms with Crippen molar-refractivity contribution < 1.29 is 0 Å². The third-order valence-electron chi connectivity index (χ3n) is 2.09. The summed E-state index contributed by atoms with van der Waals surface area (Å²) in [6.45, 7) is 3.10. The van der Waals surface area contributed by atoms with Crippen LogP contribution in [0.2, 0.25) is 0 Å². The Hall–Kier alpha value is -1.63. The molecule has 15 heavy (non-hydrogen) atoms. The summed E-state index contributed by atoms with van der Waals surface area (Å²) in [5.74, 6) is 0.393. The molecule has 0 aliphatic heterocycles. The quantitative estimate of drug-likeness (QED) is 0.803. The molecule has 0 radical (unpaired) electrons. The maximum absolute atomic E-state index is 11.4. The zero-order valence-corrected chi connectivity index (χ0v) is 9.07.